The Morgan fingerprint density at radius 1 is 0.878 bits per heavy atom. The normalized spacial score (nSPS) is 12.9. The minimum Gasteiger partial charge on any atom is -0.352 e. The number of rotatable bonds is 12. The number of nitrogens with one attached hydrogen (secondary N) is 1. The maximum atomic E-state index is 14.1. The van der Waals surface area contributed by atoms with E-state index < -0.39 is 28.5 Å². The van der Waals surface area contributed by atoms with E-state index in [1.54, 1.807) is 49.4 Å². The average Bonchev–Trinajstić information content (AvgIpc) is 2.94. The maximum absolute atomic E-state index is 14.1. The van der Waals surface area contributed by atoms with Crippen molar-refractivity contribution in [3.63, 3.8) is 0 Å². The molecule has 0 saturated carbocycles. The fourth-order valence-corrected chi connectivity index (χ4v) is 6.03. The molecular formula is C30H34Cl3N3O4S. The van der Waals surface area contributed by atoms with E-state index >= 15 is 0 Å². The van der Waals surface area contributed by atoms with Crippen LogP contribution >= 0.6 is 34.8 Å². The van der Waals surface area contributed by atoms with Crippen molar-refractivity contribution in [2.75, 3.05) is 10.8 Å². The summed E-state index contributed by atoms with van der Waals surface area (Å²) in [5, 5.41) is 4.03. The van der Waals surface area contributed by atoms with Gasteiger partial charge < -0.3 is 10.2 Å². The molecule has 1 N–H and O–H groups in total. The highest BCUT2D eigenvalue weighted by molar-refractivity contribution is 7.92. The minimum absolute atomic E-state index is 0.0151. The van der Waals surface area contributed by atoms with E-state index in [1.165, 1.54) is 29.2 Å². The summed E-state index contributed by atoms with van der Waals surface area (Å²) in [5.74, 6) is -0.887. The van der Waals surface area contributed by atoms with Gasteiger partial charge in [0.05, 0.1) is 20.6 Å². The molecule has 0 radical (unpaired) electrons. The second kappa shape index (κ2) is 14.4. The van der Waals surface area contributed by atoms with Crippen LogP contribution in [0.15, 0.2) is 71.6 Å². The Bertz CT molecular complexity index is 1470. The largest absolute Gasteiger partial charge is 0.352 e. The molecule has 0 aliphatic rings. The number of nitrogens with zero attached hydrogens (tertiary/aromatic N) is 2. The smallest absolute Gasteiger partial charge is 0.264 e. The summed E-state index contributed by atoms with van der Waals surface area (Å²) < 4.78 is 28.8. The minimum atomic E-state index is -4.17. The zero-order chi connectivity index (χ0) is 30.3. The van der Waals surface area contributed by atoms with E-state index in [0.29, 0.717) is 33.5 Å². The standard InChI is InChI=1S/C30H34Cl3N3O4S/c1-5-21(4)34-30(38)28(6-2)35(18-22-9-16-26(32)27(33)17-22)29(37)19-36(24-12-10-23(31)11-13-24)41(39,40)25-14-7-20(3)8-15-25/h7-17,21,28H,5-6,18-19H2,1-4H3,(H,34,38). The first-order valence-electron chi connectivity index (χ1n) is 13.3. The molecule has 3 rings (SSSR count). The first-order valence-corrected chi connectivity index (χ1v) is 15.8. The van der Waals surface area contributed by atoms with Gasteiger partial charge in [-0.25, -0.2) is 8.42 Å². The van der Waals surface area contributed by atoms with E-state index in [9.17, 15) is 18.0 Å². The number of amides is 2. The molecule has 7 nitrogen and oxygen atoms in total. The van der Waals surface area contributed by atoms with E-state index in [4.69, 9.17) is 34.8 Å². The van der Waals surface area contributed by atoms with Crippen molar-refractivity contribution >= 4 is 62.3 Å². The van der Waals surface area contributed by atoms with Crippen molar-refractivity contribution in [2.45, 2.75) is 64.1 Å². The molecule has 0 aliphatic carbocycles. The van der Waals surface area contributed by atoms with Gasteiger partial charge in [-0.15, -0.1) is 0 Å². The van der Waals surface area contributed by atoms with Gasteiger partial charge in [-0.3, -0.25) is 13.9 Å². The van der Waals surface area contributed by atoms with Crippen LogP contribution in [0.25, 0.3) is 0 Å². The molecule has 0 bridgehead atoms. The predicted octanol–water partition coefficient (Wildman–Crippen LogP) is 6.87. The summed E-state index contributed by atoms with van der Waals surface area (Å²) in [5.41, 5.74) is 1.79. The fraction of sp³-hybridized carbons (Fsp3) is 0.333. The van der Waals surface area contributed by atoms with Gasteiger partial charge in [0, 0.05) is 17.6 Å². The Hall–Kier alpha value is -2.78. The Morgan fingerprint density at radius 2 is 1.51 bits per heavy atom. The van der Waals surface area contributed by atoms with Gasteiger partial charge >= 0.3 is 0 Å². The first-order chi connectivity index (χ1) is 19.4. The number of hydrogen-bond acceptors (Lipinski definition) is 4. The summed E-state index contributed by atoms with van der Waals surface area (Å²) in [4.78, 5) is 28.9. The number of anilines is 1. The lowest BCUT2D eigenvalue weighted by Gasteiger charge is -2.33. The SMILES string of the molecule is CCC(C)NC(=O)C(CC)N(Cc1ccc(Cl)c(Cl)c1)C(=O)CN(c1ccc(Cl)cc1)S(=O)(=O)c1ccc(C)cc1. The van der Waals surface area contributed by atoms with Crippen LogP contribution in [0.1, 0.15) is 44.7 Å². The van der Waals surface area contributed by atoms with E-state index in [0.717, 1.165) is 9.87 Å². The highest BCUT2D eigenvalue weighted by atomic mass is 35.5. The molecule has 0 heterocycles. The van der Waals surface area contributed by atoms with Crippen LogP contribution in [-0.2, 0) is 26.2 Å². The van der Waals surface area contributed by atoms with Crippen molar-refractivity contribution in [1.82, 2.24) is 10.2 Å². The molecule has 3 aromatic rings. The first kappa shape index (κ1) is 32.7. The fourth-order valence-electron chi connectivity index (χ4n) is 4.17. The summed E-state index contributed by atoms with van der Waals surface area (Å²) in [7, 11) is -4.17. The average molecular weight is 639 g/mol. The van der Waals surface area contributed by atoms with Crippen molar-refractivity contribution in [3.05, 3.63) is 92.9 Å². The second-order valence-electron chi connectivity index (χ2n) is 9.81. The van der Waals surface area contributed by atoms with Crippen LogP contribution in [-0.4, -0.2) is 43.8 Å². The molecule has 11 heteroatoms. The van der Waals surface area contributed by atoms with Gasteiger partial charge in [0.1, 0.15) is 12.6 Å². The van der Waals surface area contributed by atoms with E-state index in [1.807, 2.05) is 20.8 Å². The van der Waals surface area contributed by atoms with Crippen LogP contribution in [0.4, 0.5) is 5.69 Å². The third-order valence-electron chi connectivity index (χ3n) is 6.73. The van der Waals surface area contributed by atoms with Gasteiger partial charge in [-0.1, -0.05) is 72.4 Å². The number of halogens is 3. The number of carbonyl (C=O) groups is 2. The Kier molecular flexibility index (Phi) is 11.5. The molecule has 2 amide bonds. The summed E-state index contributed by atoms with van der Waals surface area (Å²) in [6.07, 6.45) is 1.02. The van der Waals surface area contributed by atoms with Crippen LogP contribution in [0.3, 0.4) is 0 Å². The van der Waals surface area contributed by atoms with Gasteiger partial charge in [0.15, 0.2) is 0 Å². The number of sulfonamides is 1. The summed E-state index contributed by atoms with van der Waals surface area (Å²) >= 11 is 18.4. The second-order valence-corrected chi connectivity index (χ2v) is 12.9. The molecule has 2 unspecified atom stereocenters. The Morgan fingerprint density at radius 3 is 2.07 bits per heavy atom. The molecule has 0 saturated heterocycles. The van der Waals surface area contributed by atoms with Crippen molar-refractivity contribution in [2.24, 2.45) is 0 Å². The number of benzene rings is 3. The van der Waals surface area contributed by atoms with Crippen LogP contribution in [0, 0.1) is 6.92 Å². The quantitative estimate of drug-likeness (QED) is 0.235. The third-order valence-corrected chi connectivity index (χ3v) is 9.51. The molecule has 0 spiro atoms. The lowest BCUT2D eigenvalue weighted by atomic mass is 10.1. The van der Waals surface area contributed by atoms with Gasteiger partial charge in [0.2, 0.25) is 11.8 Å². The summed E-state index contributed by atoms with van der Waals surface area (Å²) in [6.45, 7) is 6.95. The molecule has 3 aromatic carbocycles. The van der Waals surface area contributed by atoms with Crippen molar-refractivity contribution in [1.29, 1.82) is 0 Å². The maximum Gasteiger partial charge on any atom is 0.264 e. The molecule has 0 aromatic heterocycles. The lowest BCUT2D eigenvalue weighted by Crippen LogP contribution is -2.53. The predicted molar refractivity (Wildman–Crippen MR) is 166 cm³/mol. The zero-order valence-electron chi connectivity index (χ0n) is 23.4. The van der Waals surface area contributed by atoms with E-state index in [-0.39, 0.29) is 29.1 Å². The molecule has 2 atom stereocenters. The van der Waals surface area contributed by atoms with Crippen molar-refractivity contribution in [3.8, 4) is 0 Å². The topological polar surface area (TPSA) is 86.8 Å². The Labute approximate surface area is 257 Å². The third kappa shape index (κ3) is 8.38. The molecule has 0 aliphatic heterocycles. The molecule has 220 valence electrons. The summed E-state index contributed by atoms with van der Waals surface area (Å²) in [6, 6.07) is 16.6. The van der Waals surface area contributed by atoms with Gasteiger partial charge in [0.25, 0.3) is 10.0 Å². The Balaban J connectivity index is 2.07. The zero-order valence-corrected chi connectivity index (χ0v) is 26.5. The van der Waals surface area contributed by atoms with Gasteiger partial charge in [-0.05, 0) is 80.8 Å². The van der Waals surface area contributed by atoms with Gasteiger partial charge in [-0.2, -0.15) is 0 Å². The number of aryl methyl sites for hydroxylation is 1. The van der Waals surface area contributed by atoms with Crippen molar-refractivity contribution < 1.29 is 18.0 Å². The van der Waals surface area contributed by atoms with E-state index in [2.05, 4.69) is 5.32 Å². The van der Waals surface area contributed by atoms with Crippen LogP contribution in [0.2, 0.25) is 15.1 Å². The molecule has 41 heavy (non-hydrogen) atoms. The molecule has 0 fully saturated rings. The highest BCUT2D eigenvalue weighted by Crippen LogP contribution is 2.27. The van der Waals surface area contributed by atoms with Crippen LogP contribution in [0.5, 0.6) is 0 Å². The number of hydrogen-bond donors (Lipinski definition) is 1. The molecular weight excluding hydrogens is 605 g/mol. The monoisotopic (exact) mass is 637 g/mol. The number of carbonyl (C=O) groups excluding carboxylic acids is 2. The highest BCUT2D eigenvalue weighted by Gasteiger charge is 2.34. The van der Waals surface area contributed by atoms with Crippen LogP contribution < -0.4 is 9.62 Å². The lowest BCUT2D eigenvalue weighted by molar-refractivity contribution is -0.140.